The number of hydrogen-bond acceptors (Lipinski definition) is 4. The minimum Gasteiger partial charge on any atom is -0.660 e. The average Bonchev–Trinajstić information content (AvgIpc) is 2.29. The van der Waals surface area contributed by atoms with Crippen molar-refractivity contribution < 1.29 is 9.47 Å². The Bertz CT molecular complexity index is 141. The van der Waals surface area contributed by atoms with Crippen LogP contribution < -0.4 is 5.73 Å². The topological polar surface area (TPSA) is 61.8 Å². The summed E-state index contributed by atoms with van der Waals surface area (Å²) in [5.41, 5.74) is 5.29. The Balaban J connectivity index is 1.79. The van der Waals surface area contributed by atoms with Crippen LogP contribution in [0.2, 0.25) is 0 Å². The molecule has 0 aromatic carbocycles. The molecule has 0 bridgehead atoms. The number of piperazine rings is 1. The molecule has 0 amide bonds. The summed E-state index contributed by atoms with van der Waals surface area (Å²) in [7, 11) is 0. The minimum absolute atomic E-state index is 0.581. The monoisotopic (exact) mass is 216 g/mol. The Kier molecular flexibility index (Phi) is 7.77. The molecule has 0 aliphatic carbocycles. The van der Waals surface area contributed by atoms with E-state index in [1.54, 1.807) is 0 Å². The number of nitrogens with two attached hydrogens (primary N) is 1. The SMILES string of the molecule is NCCOCCOCCN1CC[N-]CC1. The second-order valence-corrected chi connectivity index (χ2v) is 3.53. The Labute approximate surface area is 91.9 Å². The van der Waals surface area contributed by atoms with Gasteiger partial charge in [-0.05, 0) is 13.1 Å². The number of ether oxygens (including phenoxy) is 2. The van der Waals surface area contributed by atoms with Gasteiger partial charge in [0.05, 0.1) is 26.4 Å². The first kappa shape index (κ1) is 12.9. The van der Waals surface area contributed by atoms with Crippen molar-refractivity contribution >= 4 is 0 Å². The Hall–Kier alpha value is -0.200. The molecule has 2 N–H and O–H groups in total. The fraction of sp³-hybridized carbons (Fsp3) is 1.00. The first-order chi connectivity index (χ1) is 7.43. The van der Waals surface area contributed by atoms with Gasteiger partial charge in [0.1, 0.15) is 0 Å². The molecular weight excluding hydrogens is 194 g/mol. The quantitative estimate of drug-likeness (QED) is 0.564. The predicted octanol–water partition coefficient (Wildman–Crippen LogP) is -0.332. The molecule has 90 valence electrons. The summed E-state index contributed by atoms with van der Waals surface area (Å²) in [6.07, 6.45) is 0. The Morgan fingerprint density at radius 1 is 1.00 bits per heavy atom. The molecule has 1 heterocycles. The second kappa shape index (κ2) is 9.06. The van der Waals surface area contributed by atoms with E-state index in [9.17, 15) is 0 Å². The molecule has 1 rings (SSSR count). The van der Waals surface area contributed by atoms with Gasteiger partial charge in [0, 0.05) is 13.1 Å². The van der Waals surface area contributed by atoms with Crippen LogP contribution >= 0.6 is 0 Å². The molecule has 1 aliphatic heterocycles. The summed E-state index contributed by atoms with van der Waals surface area (Å²) in [5, 5.41) is 4.29. The molecule has 1 fully saturated rings. The van der Waals surface area contributed by atoms with Gasteiger partial charge in [0.2, 0.25) is 0 Å². The fourth-order valence-electron chi connectivity index (χ4n) is 1.47. The van der Waals surface area contributed by atoms with E-state index in [0.29, 0.717) is 26.4 Å². The van der Waals surface area contributed by atoms with Gasteiger partial charge in [0.25, 0.3) is 0 Å². The van der Waals surface area contributed by atoms with E-state index in [4.69, 9.17) is 15.2 Å². The largest absolute Gasteiger partial charge is 0.660 e. The Morgan fingerprint density at radius 3 is 2.33 bits per heavy atom. The van der Waals surface area contributed by atoms with E-state index in [1.807, 2.05) is 0 Å². The van der Waals surface area contributed by atoms with Crippen LogP contribution in [-0.2, 0) is 9.47 Å². The zero-order valence-electron chi connectivity index (χ0n) is 9.36. The molecule has 15 heavy (non-hydrogen) atoms. The van der Waals surface area contributed by atoms with Crippen molar-refractivity contribution in [3.8, 4) is 0 Å². The molecule has 1 aliphatic rings. The van der Waals surface area contributed by atoms with Gasteiger partial charge in [0.15, 0.2) is 0 Å². The lowest BCUT2D eigenvalue weighted by molar-refractivity contribution is 0.0412. The third-order valence-electron chi connectivity index (χ3n) is 2.33. The molecule has 0 aromatic heterocycles. The molecule has 0 atom stereocenters. The highest BCUT2D eigenvalue weighted by atomic mass is 16.5. The van der Waals surface area contributed by atoms with Crippen LogP contribution in [0.25, 0.3) is 5.32 Å². The van der Waals surface area contributed by atoms with Crippen molar-refractivity contribution in [2.45, 2.75) is 0 Å². The number of rotatable bonds is 8. The Morgan fingerprint density at radius 2 is 1.67 bits per heavy atom. The first-order valence-electron chi connectivity index (χ1n) is 5.64. The van der Waals surface area contributed by atoms with Crippen molar-refractivity contribution in [3.63, 3.8) is 0 Å². The van der Waals surface area contributed by atoms with Crippen LogP contribution in [0.15, 0.2) is 0 Å². The van der Waals surface area contributed by atoms with E-state index >= 15 is 0 Å². The molecule has 0 unspecified atom stereocenters. The maximum atomic E-state index is 5.44. The smallest absolute Gasteiger partial charge is 0.0701 e. The fourth-order valence-corrected chi connectivity index (χ4v) is 1.47. The molecule has 5 heteroatoms. The highest BCUT2D eigenvalue weighted by Gasteiger charge is 2.02. The van der Waals surface area contributed by atoms with Crippen LogP contribution in [0, 0.1) is 0 Å². The van der Waals surface area contributed by atoms with Crippen molar-refractivity contribution in [2.75, 3.05) is 65.7 Å². The lowest BCUT2D eigenvalue weighted by atomic mass is 10.4. The van der Waals surface area contributed by atoms with E-state index in [-0.39, 0.29) is 0 Å². The van der Waals surface area contributed by atoms with Gasteiger partial charge in [-0.15, -0.1) is 13.1 Å². The highest BCUT2D eigenvalue weighted by molar-refractivity contribution is 4.87. The highest BCUT2D eigenvalue weighted by Crippen LogP contribution is 2.00. The van der Waals surface area contributed by atoms with Crippen LogP contribution in [0.4, 0.5) is 0 Å². The zero-order valence-corrected chi connectivity index (χ0v) is 9.36. The van der Waals surface area contributed by atoms with E-state index in [1.165, 1.54) is 0 Å². The molecule has 0 radical (unpaired) electrons. The summed E-state index contributed by atoms with van der Waals surface area (Å²) in [4.78, 5) is 2.38. The van der Waals surface area contributed by atoms with Gasteiger partial charge >= 0.3 is 0 Å². The summed E-state index contributed by atoms with van der Waals surface area (Å²) in [6, 6.07) is 0. The zero-order chi connectivity index (χ0) is 10.8. The standard InChI is InChI=1S/C10H22N3O2/c11-1-7-14-9-10-15-8-6-13-4-2-12-3-5-13/h1-11H2/q-1. The molecule has 0 spiro atoms. The third kappa shape index (κ3) is 6.81. The van der Waals surface area contributed by atoms with Gasteiger partial charge < -0.3 is 25.4 Å². The van der Waals surface area contributed by atoms with Gasteiger partial charge in [-0.25, -0.2) is 0 Å². The van der Waals surface area contributed by atoms with E-state index in [2.05, 4.69) is 10.2 Å². The first-order valence-corrected chi connectivity index (χ1v) is 5.64. The number of hydrogen-bond donors (Lipinski definition) is 1. The van der Waals surface area contributed by atoms with Crippen molar-refractivity contribution in [1.82, 2.24) is 4.90 Å². The summed E-state index contributed by atoms with van der Waals surface area (Å²) in [6.45, 7) is 8.40. The second-order valence-electron chi connectivity index (χ2n) is 3.53. The van der Waals surface area contributed by atoms with Crippen molar-refractivity contribution in [1.29, 1.82) is 0 Å². The summed E-state index contributed by atoms with van der Waals surface area (Å²) in [5.74, 6) is 0. The number of nitrogens with zero attached hydrogens (tertiary/aromatic N) is 2. The average molecular weight is 216 g/mol. The van der Waals surface area contributed by atoms with Gasteiger partial charge in [-0.1, -0.05) is 0 Å². The van der Waals surface area contributed by atoms with Crippen LogP contribution in [0.5, 0.6) is 0 Å². The van der Waals surface area contributed by atoms with Crippen LogP contribution in [0.1, 0.15) is 0 Å². The maximum Gasteiger partial charge on any atom is 0.0701 e. The lowest BCUT2D eigenvalue weighted by Crippen LogP contribution is -2.36. The maximum absolute atomic E-state index is 5.44. The van der Waals surface area contributed by atoms with E-state index in [0.717, 1.165) is 39.3 Å². The summed E-state index contributed by atoms with van der Waals surface area (Å²) >= 11 is 0. The third-order valence-corrected chi connectivity index (χ3v) is 2.33. The van der Waals surface area contributed by atoms with Crippen LogP contribution in [0.3, 0.4) is 0 Å². The summed E-state index contributed by atoms with van der Waals surface area (Å²) < 4.78 is 10.6. The molecule has 1 saturated heterocycles. The van der Waals surface area contributed by atoms with Crippen molar-refractivity contribution in [2.24, 2.45) is 5.73 Å². The van der Waals surface area contributed by atoms with Crippen LogP contribution in [-0.4, -0.2) is 70.6 Å². The van der Waals surface area contributed by atoms with Gasteiger partial charge in [-0.2, -0.15) is 0 Å². The lowest BCUT2D eigenvalue weighted by Gasteiger charge is -2.35. The molecule has 0 saturated carbocycles. The van der Waals surface area contributed by atoms with E-state index < -0.39 is 0 Å². The molecule has 0 aromatic rings. The predicted molar refractivity (Wildman–Crippen MR) is 60.2 cm³/mol. The van der Waals surface area contributed by atoms with Gasteiger partial charge in [-0.3, -0.25) is 0 Å². The molecular formula is C10H22N3O2-. The van der Waals surface area contributed by atoms with Crippen molar-refractivity contribution in [3.05, 3.63) is 5.32 Å². The molecule has 5 nitrogen and oxygen atoms in total. The normalized spacial score (nSPS) is 18.2. The minimum atomic E-state index is 0.581.